The third kappa shape index (κ3) is 5.69. The number of hydrazine groups is 1. The molecule has 0 rings (SSSR count). The van der Waals surface area contributed by atoms with E-state index >= 15 is 0 Å². The van der Waals surface area contributed by atoms with Crippen LogP contribution in [0.3, 0.4) is 0 Å². The second-order valence-corrected chi connectivity index (χ2v) is 2.50. The first-order chi connectivity index (χ1) is 5.20. The maximum Gasteiger partial charge on any atom is 0.0395 e. The van der Waals surface area contributed by atoms with Gasteiger partial charge in [-0.2, -0.15) is 0 Å². The Hall–Kier alpha value is -0.740. The summed E-state index contributed by atoms with van der Waals surface area (Å²) >= 11 is 0. The summed E-state index contributed by atoms with van der Waals surface area (Å²) in [5, 5.41) is 1.58. The van der Waals surface area contributed by atoms with Crippen molar-refractivity contribution in [2.24, 2.45) is 17.3 Å². The fraction of sp³-hybridized carbons (Fsp3) is 0.714. The highest BCUT2D eigenvalue weighted by Crippen LogP contribution is 1.90. The van der Waals surface area contributed by atoms with Gasteiger partial charge < -0.3 is 16.5 Å². The van der Waals surface area contributed by atoms with Crippen LogP contribution in [0.1, 0.15) is 19.8 Å². The average molecular weight is 158 g/mol. The molecule has 11 heavy (non-hydrogen) atoms. The lowest BCUT2D eigenvalue weighted by Crippen LogP contribution is -2.28. The lowest BCUT2D eigenvalue weighted by Gasteiger charge is -2.13. The normalized spacial score (nSPS) is 11.7. The number of hydrogen-bond donors (Lipinski definition) is 3. The highest BCUT2D eigenvalue weighted by Gasteiger charge is 1.92. The van der Waals surface area contributed by atoms with E-state index in [1.807, 2.05) is 0 Å². The largest absolute Gasteiger partial charge is 0.400 e. The van der Waals surface area contributed by atoms with Crippen molar-refractivity contribution in [3.05, 3.63) is 11.9 Å². The zero-order chi connectivity index (χ0) is 8.69. The zero-order valence-electron chi connectivity index (χ0n) is 7.09. The van der Waals surface area contributed by atoms with Crippen LogP contribution >= 0.6 is 0 Å². The van der Waals surface area contributed by atoms with Gasteiger partial charge >= 0.3 is 0 Å². The van der Waals surface area contributed by atoms with Gasteiger partial charge in [0, 0.05) is 25.0 Å². The van der Waals surface area contributed by atoms with Gasteiger partial charge in [0.1, 0.15) is 0 Å². The standard InChI is InChI=1S/C7H18N4/c1-2-3-4-11(10)6-7(9)5-8/h6H,2-5,8-10H2,1H3/b7-6-. The minimum absolute atomic E-state index is 0.361. The maximum absolute atomic E-state index is 5.56. The topological polar surface area (TPSA) is 81.3 Å². The molecule has 0 atom stereocenters. The van der Waals surface area contributed by atoms with E-state index in [0.717, 1.165) is 19.4 Å². The smallest absolute Gasteiger partial charge is 0.0395 e. The van der Waals surface area contributed by atoms with Crippen molar-refractivity contribution in [3.8, 4) is 0 Å². The lowest BCUT2D eigenvalue weighted by atomic mass is 10.3. The Kier molecular flexibility index (Phi) is 5.60. The number of rotatable bonds is 5. The molecule has 0 radical (unpaired) electrons. The summed E-state index contributed by atoms with van der Waals surface area (Å²) in [5.74, 6) is 5.56. The fourth-order valence-electron chi connectivity index (χ4n) is 0.671. The van der Waals surface area contributed by atoms with E-state index in [1.165, 1.54) is 0 Å². The number of nitrogens with zero attached hydrogens (tertiary/aromatic N) is 1. The molecular formula is C7H18N4. The van der Waals surface area contributed by atoms with Gasteiger partial charge in [-0.15, -0.1) is 0 Å². The molecule has 0 aliphatic carbocycles. The first-order valence-electron chi connectivity index (χ1n) is 3.88. The molecule has 6 N–H and O–H groups in total. The third-order valence-electron chi connectivity index (χ3n) is 1.34. The first-order valence-corrected chi connectivity index (χ1v) is 3.88. The molecule has 0 unspecified atom stereocenters. The van der Waals surface area contributed by atoms with Crippen molar-refractivity contribution < 1.29 is 0 Å². The molecule has 4 nitrogen and oxygen atoms in total. The van der Waals surface area contributed by atoms with Crippen LogP contribution in [0.15, 0.2) is 11.9 Å². The summed E-state index contributed by atoms with van der Waals surface area (Å²) < 4.78 is 0. The Bertz CT molecular complexity index is 122. The van der Waals surface area contributed by atoms with E-state index < -0.39 is 0 Å². The predicted molar refractivity (Wildman–Crippen MR) is 47.1 cm³/mol. The van der Waals surface area contributed by atoms with Crippen molar-refractivity contribution in [2.45, 2.75) is 19.8 Å². The summed E-state index contributed by atoms with van der Waals surface area (Å²) in [6, 6.07) is 0. The number of hydrogen-bond acceptors (Lipinski definition) is 4. The second kappa shape index (κ2) is 6.00. The fourth-order valence-corrected chi connectivity index (χ4v) is 0.671. The van der Waals surface area contributed by atoms with Crippen LogP contribution in [0.2, 0.25) is 0 Å². The Balaban J connectivity index is 3.57. The van der Waals surface area contributed by atoms with Gasteiger partial charge in [0.05, 0.1) is 0 Å². The summed E-state index contributed by atoms with van der Waals surface area (Å²) in [6.45, 7) is 3.31. The molecular weight excluding hydrogens is 140 g/mol. The van der Waals surface area contributed by atoms with Gasteiger partial charge in [-0.25, -0.2) is 5.84 Å². The summed E-state index contributed by atoms with van der Waals surface area (Å²) in [6.07, 6.45) is 3.88. The number of nitrogens with two attached hydrogens (primary N) is 3. The van der Waals surface area contributed by atoms with Gasteiger partial charge in [0.15, 0.2) is 0 Å². The summed E-state index contributed by atoms with van der Waals surface area (Å²) in [4.78, 5) is 0. The van der Waals surface area contributed by atoms with Gasteiger partial charge in [0.25, 0.3) is 0 Å². The average Bonchev–Trinajstić information content (AvgIpc) is 2.00. The van der Waals surface area contributed by atoms with E-state index in [4.69, 9.17) is 17.3 Å². The zero-order valence-corrected chi connectivity index (χ0v) is 7.09. The van der Waals surface area contributed by atoms with E-state index in [0.29, 0.717) is 12.2 Å². The van der Waals surface area contributed by atoms with Crippen LogP contribution in [0.4, 0.5) is 0 Å². The Morgan fingerprint density at radius 2 is 2.18 bits per heavy atom. The Morgan fingerprint density at radius 1 is 1.55 bits per heavy atom. The van der Waals surface area contributed by atoms with Gasteiger partial charge in [-0.3, -0.25) is 0 Å². The molecule has 0 aromatic heterocycles. The van der Waals surface area contributed by atoms with E-state index in [2.05, 4.69) is 6.92 Å². The second-order valence-electron chi connectivity index (χ2n) is 2.50. The molecule has 0 saturated heterocycles. The molecule has 0 saturated carbocycles. The minimum atomic E-state index is 0.361. The maximum atomic E-state index is 5.56. The van der Waals surface area contributed by atoms with Crippen LogP contribution in [0.25, 0.3) is 0 Å². The van der Waals surface area contributed by atoms with Crippen molar-refractivity contribution in [3.63, 3.8) is 0 Å². The van der Waals surface area contributed by atoms with Crippen LogP contribution < -0.4 is 17.3 Å². The Morgan fingerprint density at radius 3 is 2.64 bits per heavy atom. The molecule has 0 aromatic rings. The molecule has 0 bridgehead atoms. The van der Waals surface area contributed by atoms with Crippen molar-refractivity contribution in [1.29, 1.82) is 0 Å². The van der Waals surface area contributed by atoms with E-state index in [9.17, 15) is 0 Å². The molecule has 0 heterocycles. The van der Waals surface area contributed by atoms with Gasteiger partial charge in [0.2, 0.25) is 0 Å². The highest BCUT2D eigenvalue weighted by molar-refractivity contribution is 4.95. The molecule has 0 amide bonds. The molecule has 0 spiro atoms. The van der Waals surface area contributed by atoms with Gasteiger partial charge in [-0.1, -0.05) is 13.3 Å². The van der Waals surface area contributed by atoms with Gasteiger partial charge in [-0.05, 0) is 6.42 Å². The predicted octanol–water partition coefficient (Wildman–Crippen LogP) is -0.279. The molecule has 0 fully saturated rings. The molecule has 0 aliphatic heterocycles. The van der Waals surface area contributed by atoms with E-state index in [1.54, 1.807) is 11.2 Å². The van der Waals surface area contributed by atoms with Crippen molar-refractivity contribution >= 4 is 0 Å². The van der Waals surface area contributed by atoms with Crippen LogP contribution in [0, 0.1) is 0 Å². The van der Waals surface area contributed by atoms with Crippen LogP contribution in [-0.4, -0.2) is 18.1 Å². The van der Waals surface area contributed by atoms with Crippen LogP contribution in [-0.2, 0) is 0 Å². The van der Waals surface area contributed by atoms with Crippen molar-refractivity contribution in [2.75, 3.05) is 13.1 Å². The van der Waals surface area contributed by atoms with E-state index in [-0.39, 0.29) is 0 Å². The molecule has 66 valence electrons. The monoisotopic (exact) mass is 158 g/mol. The molecule has 0 aromatic carbocycles. The molecule has 0 aliphatic rings. The summed E-state index contributed by atoms with van der Waals surface area (Å²) in [5.41, 5.74) is 11.3. The quantitative estimate of drug-likeness (QED) is 0.380. The highest BCUT2D eigenvalue weighted by atomic mass is 15.4. The van der Waals surface area contributed by atoms with Crippen molar-refractivity contribution in [1.82, 2.24) is 5.01 Å². The number of unbranched alkanes of at least 4 members (excludes halogenated alkanes) is 1. The molecule has 4 heteroatoms. The minimum Gasteiger partial charge on any atom is -0.400 e. The Labute approximate surface area is 68.0 Å². The first kappa shape index (κ1) is 10.3. The SMILES string of the molecule is CCCCN(N)/C=C(\N)CN. The van der Waals surface area contributed by atoms with Crippen LogP contribution in [0.5, 0.6) is 0 Å². The lowest BCUT2D eigenvalue weighted by molar-refractivity contribution is 0.380. The summed E-state index contributed by atoms with van der Waals surface area (Å²) in [7, 11) is 0. The third-order valence-corrected chi connectivity index (χ3v) is 1.34.